The third-order valence-electron chi connectivity index (χ3n) is 5.32. The molecule has 0 fully saturated rings. The summed E-state index contributed by atoms with van der Waals surface area (Å²) in [5, 5.41) is 9.46. The van der Waals surface area contributed by atoms with Crippen LogP contribution in [0.1, 0.15) is 36.4 Å². The van der Waals surface area contributed by atoms with E-state index < -0.39 is 12.6 Å². The first-order chi connectivity index (χ1) is 14.3. The van der Waals surface area contributed by atoms with E-state index in [-0.39, 0.29) is 11.5 Å². The van der Waals surface area contributed by atoms with Crippen LogP contribution >= 0.6 is 0 Å². The molecule has 0 aliphatic carbocycles. The topological polar surface area (TPSA) is 75.3 Å². The van der Waals surface area contributed by atoms with E-state index in [1.165, 1.54) is 6.08 Å². The average molecular weight is 405 g/mol. The van der Waals surface area contributed by atoms with E-state index >= 15 is 0 Å². The molecule has 3 rings (SSSR count). The largest absolute Gasteiger partial charge is 0.451 e. The van der Waals surface area contributed by atoms with E-state index in [2.05, 4.69) is 18.4 Å². The lowest BCUT2D eigenvalue weighted by Gasteiger charge is -2.17. The summed E-state index contributed by atoms with van der Waals surface area (Å²) in [6.07, 6.45) is 2.32. The van der Waals surface area contributed by atoms with Gasteiger partial charge in [-0.15, -0.1) is 0 Å². The molecule has 0 saturated heterocycles. The lowest BCUT2D eigenvalue weighted by molar-refractivity contribution is -0.143. The number of fused-ring (bicyclic) bond motifs is 1. The minimum atomic E-state index is -0.785. The van der Waals surface area contributed by atoms with E-state index in [4.69, 9.17) is 4.74 Å². The van der Waals surface area contributed by atoms with Crippen molar-refractivity contribution in [2.45, 2.75) is 40.7 Å². The van der Waals surface area contributed by atoms with Crippen molar-refractivity contribution in [2.24, 2.45) is 5.92 Å². The molecule has 0 saturated carbocycles. The summed E-state index contributed by atoms with van der Waals surface area (Å²) < 4.78 is 7.34. The van der Waals surface area contributed by atoms with Crippen LogP contribution in [0.4, 0.5) is 5.69 Å². The minimum Gasteiger partial charge on any atom is -0.451 e. The summed E-state index contributed by atoms with van der Waals surface area (Å²) in [7, 11) is 0. The van der Waals surface area contributed by atoms with Crippen molar-refractivity contribution >= 4 is 23.6 Å². The Balaban J connectivity index is 1.69. The van der Waals surface area contributed by atoms with Crippen LogP contribution in [0.5, 0.6) is 0 Å². The highest BCUT2D eigenvalue weighted by Gasteiger charge is 2.25. The van der Waals surface area contributed by atoms with Gasteiger partial charge >= 0.3 is 5.97 Å². The van der Waals surface area contributed by atoms with E-state index in [9.17, 15) is 14.9 Å². The van der Waals surface area contributed by atoms with Gasteiger partial charge in [0.2, 0.25) is 0 Å². The van der Waals surface area contributed by atoms with Crippen molar-refractivity contribution in [1.29, 1.82) is 5.26 Å². The third-order valence-corrected chi connectivity index (χ3v) is 5.32. The monoisotopic (exact) mass is 405 g/mol. The number of benzene rings is 1. The second-order valence-electron chi connectivity index (χ2n) is 8.00. The zero-order valence-electron chi connectivity index (χ0n) is 17.9. The number of esters is 1. The van der Waals surface area contributed by atoms with Crippen LogP contribution in [0.3, 0.4) is 0 Å². The Morgan fingerprint density at radius 2 is 2.00 bits per heavy atom. The maximum atomic E-state index is 12.5. The van der Waals surface area contributed by atoms with Crippen LogP contribution in [-0.2, 0) is 27.3 Å². The normalized spacial score (nSPS) is 13.3. The van der Waals surface area contributed by atoms with Crippen molar-refractivity contribution in [3.8, 4) is 6.07 Å². The molecule has 2 heterocycles. The van der Waals surface area contributed by atoms with Gasteiger partial charge in [-0.25, -0.2) is 4.79 Å². The zero-order valence-corrected chi connectivity index (χ0v) is 17.9. The van der Waals surface area contributed by atoms with Crippen LogP contribution in [0, 0.1) is 31.1 Å². The molecule has 6 nitrogen and oxygen atoms in total. The first-order valence-electron chi connectivity index (χ1n) is 10.2. The first kappa shape index (κ1) is 21.4. The van der Waals surface area contributed by atoms with Gasteiger partial charge in [-0.3, -0.25) is 4.79 Å². The van der Waals surface area contributed by atoms with Gasteiger partial charge in [0.15, 0.2) is 6.61 Å². The highest BCUT2D eigenvalue weighted by molar-refractivity contribution is 6.01. The van der Waals surface area contributed by atoms with Gasteiger partial charge < -0.3 is 14.2 Å². The molecule has 30 heavy (non-hydrogen) atoms. The van der Waals surface area contributed by atoms with Crippen LogP contribution in [0.2, 0.25) is 0 Å². The Labute approximate surface area is 177 Å². The zero-order chi connectivity index (χ0) is 21.8. The fourth-order valence-electron chi connectivity index (χ4n) is 3.79. The van der Waals surface area contributed by atoms with Gasteiger partial charge in [0, 0.05) is 30.2 Å². The molecule has 0 N–H and O–H groups in total. The molecular weight excluding hydrogens is 378 g/mol. The molecule has 156 valence electrons. The molecule has 1 amide bonds. The molecule has 0 unspecified atom stereocenters. The molecular formula is C24H27N3O3. The van der Waals surface area contributed by atoms with E-state index in [0.29, 0.717) is 12.5 Å². The van der Waals surface area contributed by atoms with Gasteiger partial charge in [-0.1, -0.05) is 32.0 Å². The number of hydrogen-bond donors (Lipinski definition) is 0. The molecule has 1 aromatic carbocycles. The van der Waals surface area contributed by atoms with Gasteiger partial charge in [0.25, 0.3) is 5.91 Å². The summed E-state index contributed by atoms with van der Waals surface area (Å²) in [5.41, 5.74) is 4.71. The van der Waals surface area contributed by atoms with Crippen molar-refractivity contribution in [1.82, 2.24) is 4.57 Å². The van der Waals surface area contributed by atoms with Crippen LogP contribution < -0.4 is 4.90 Å². The lowest BCUT2D eigenvalue weighted by atomic mass is 10.1. The minimum absolute atomic E-state index is 0.116. The van der Waals surface area contributed by atoms with Crippen LogP contribution in [0.25, 0.3) is 6.08 Å². The van der Waals surface area contributed by atoms with E-state index in [1.54, 1.807) is 4.90 Å². The number of aromatic nitrogens is 1. The van der Waals surface area contributed by atoms with Crippen molar-refractivity contribution in [3.05, 3.63) is 58.4 Å². The molecule has 1 aliphatic heterocycles. The van der Waals surface area contributed by atoms with Crippen molar-refractivity contribution in [3.63, 3.8) is 0 Å². The Hall–Kier alpha value is -3.33. The molecule has 6 heteroatoms. The third kappa shape index (κ3) is 4.46. The van der Waals surface area contributed by atoms with Gasteiger partial charge in [0.05, 0.1) is 0 Å². The van der Waals surface area contributed by atoms with Gasteiger partial charge in [-0.2, -0.15) is 5.26 Å². The van der Waals surface area contributed by atoms with Gasteiger partial charge in [-0.05, 0) is 55.5 Å². The highest BCUT2D eigenvalue weighted by atomic mass is 16.5. The number of aryl methyl sites for hydroxylation is 1. The quantitative estimate of drug-likeness (QED) is 0.416. The summed E-state index contributed by atoms with van der Waals surface area (Å²) in [5.74, 6) is -0.596. The fourth-order valence-corrected chi connectivity index (χ4v) is 3.79. The number of anilines is 1. The number of carbonyl (C=O) groups excluding carboxylic acids is 2. The Bertz CT molecular complexity index is 1040. The SMILES string of the molecule is Cc1cc(/C=C(\C#N)C(=O)OCC(=O)N2CCc3ccccc32)c(C)n1CC(C)C. The molecule has 0 atom stereocenters. The predicted octanol–water partition coefficient (Wildman–Crippen LogP) is 3.80. The maximum absolute atomic E-state index is 12.5. The van der Waals surface area contributed by atoms with Gasteiger partial charge in [0.1, 0.15) is 11.6 Å². The fraction of sp³-hybridized carbons (Fsp3) is 0.375. The molecule has 1 aliphatic rings. The molecule has 0 radical (unpaired) electrons. The second kappa shape index (κ2) is 9.00. The second-order valence-corrected chi connectivity index (χ2v) is 8.00. The maximum Gasteiger partial charge on any atom is 0.349 e. The number of nitriles is 1. The Morgan fingerprint density at radius 3 is 2.70 bits per heavy atom. The molecule has 2 aromatic rings. The number of hydrogen-bond acceptors (Lipinski definition) is 4. The highest BCUT2D eigenvalue weighted by Crippen LogP contribution is 2.27. The standard InChI is InChI=1S/C24H27N3O3/c1-16(2)14-27-17(3)11-20(18(27)4)12-21(13-25)24(29)30-15-23(28)26-10-9-19-7-5-6-8-22(19)26/h5-8,11-12,16H,9-10,14-15H2,1-4H3/b21-12+. The number of carbonyl (C=O) groups is 2. The molecule has 0 bridgehead atoms. The smallest absolute Gasteiger partial charge is 0.349 e. The number of para-hydroxylation sites is 1. The number of ether oxygens (including phenoxy) is 1. The first-order valence-corrected chi connectivity index (χ1v) is 10.2. The summed E-state index contributed by atoms with van der Waals surface area (Å²) in [4.78, 5) is 26.6. The Morgan fingerprint density at radius 1 is 1.27 bits per heavy atom. The predicted molar refractivity (Wildman–Crippen MR) is 116 cm³/mol. The number of rotatable bonds is 6. The molecule has 1 aromatic heterocycles. The average Bonchev–Trinajstić information content (AvgIpc) is 3.26. The van der Waals surface area contributed by atoms with E-state index in [0.717, 1.165) is 41.2 Å². The van der Waals surface area contributed by atoms with Crippen molar-refractivity contribution in [2.75, 3.05) is 18.1 Å². The van der Waals surface area contributed by atoms with Crippen molar-refractivity contribution < 1.29 is 14.3 Å². The van der Waals surface area contributed by atoms with Crippen LogP contribution in [0.15, 0.2) is 35.9 Å². The summed E-state index contributed by atoms with van der Waals surface area (Å²) >= 11 is 0. The number of nitrogens with zero attached hydrogens (tertiary/aromatic N) is 3. The summed E-state index contributed by atoms with van der Waals surface area (Å²) in [6, 6.07) is 11.6. The summed E-state index contributed by atoms with van der Waals surface area (Å²) in [6.45, 7) is 9.30. The van der Waals surface area contributed by atoms with Crippen LogP contribution in [-0.4, -0.2) is 29.6 Å². The van der Waals surface area contributed by atoms with E-state index in [1.807, 2.05) is 50.2 Å². The number of amides is 1. The Kier molecular flexibility index (Phi) is 6.41. The molecule has 0 spiro atoms. The lowest BCUT2D eigenvalue weighted by Crippen LogP contribution is -2.33.